The maximum Gasteiger partial charge on any atom is 0.0713 e. The molecule has 0 bridgehead atoms. The third-order valence-corrected chi connectivity index (χ3v) is 6.95. The van der Waals surface area contributed by atoms with Gasteiger partial charge in [-0.2, -0.15) is 0 Å². The lowest BCUT2D eigenvalue weighted by atomic mass is 9.69. The summed E-state index contributed by atoms with van der Waals surface area (Å²) in [5.74, 6) is 0. The molecule has 0 fully saturated rings. The summed E-state index contributed by atoms with van der Waals surface area (Å²) in [7, 11) is 6.97. The number of methoxy groups -OCH3 is 4. The van der Waals surface area contributed by atoms with Gasteiger partial charge in [0.1, 0.15) is 0 Å². The molecule has 4 heteroatoms. The fourth-order valence-corrected chi connectivity index (χ4v) is 5.06. The first-order chi connectivity index (χ1) is 17.4. The molecular formula is C32H42O4. The van der Waals surface area contributed by atoms with Crippen LogP contribution in [0, 0.1) is 0 Å². The standard InChI is InChI=1S/C32H42O4/c1-8-23-10-24(9-2)14-29(13-23)32(3,30-15-25(19-33-4)11-26(16-30)20-34-5)31-17-27(21-35-6)12-28(18-31)22-36-7/h10-18H,8-9,19-22H2,1-7H3. The number of hydrogen-bond acceptors (Lipinski definition) is 4. The minimum absolute atomic E-state index is 0.409. The van der Waals surface area contributed by atoms with Crippen LogP contribution in [0.25, 0.3) is 0 Å². The van der Waals surface area contributed by atoms with E-state index in [9.17, 15) is 0 Å². The van der Waals surface area contributed by atoms with Crippen LogP contribution in [0.3, 0.4) is 0 Å². The van der Waals surface area contributed by atoms with Crippen molar-refractivity contribution in [3.63, 3.8) is 0 Å². The van der Waals surface area contributed by atoms with Crippen molar-refractivity contribution in [2.75, 3.05) is 28.4 Å². The van der Waals surface area contributed by atoms with Crippen molar-refractivity contribution in [1.82, 2.24) is 0 Å². The molecule has 0 spiro atoms. The van der Waals surface area contributed by atoms with Crippen LogP contribution < -0.4 is 0 Å². The van der Waals surface area contributed by atoms with Crippen LogP contribution in [0.1, 0.15) is 70.8 Å². The third-order valence-electron chi connectivity index (χ3n) is 6.95. The van der Waals surface area contributed by atoms with Crippen LogP contribution >= 0.6 is 0 Å². The number of benzene rings is 3. The van der Waals surface area contributed by atoms with Crippen LogP contribution in [-0.4, -0.2) is 28.4 Å². The van der Waals surface area contributed by atoms with E-state index in [1.165, 1.54) is 27.8 Å². The first-order valence-electron chi connectivity index (χ1n) is 12.8. The molecule has 3 aromatic rings. The topological polar surface area (TPSA) is 36.9 Å². The minimum atomic E-state index is -0.409. The van der Waals surface area contributed by atoms with Gasteiger partial charge < -0.3 is 18.9 Å². The second kappa shape index (κ2) is 13.2. The Bertz CT molecular complexity index is 1000. The van der Waals surface area contributed by atoms with Crippen LogP contribution in [-0.2, 0) is 63.6 Å². The Morgan fingerprint density at radius 1 is 0.444 bits per heavy atom. The van der Waals surface area contributed by atoms with E-state index in [0.717, 1.165) is 35.1 Å². The Hall–Kier alpha value is -2.50. The molecule has 0 atom stereocenters. The molecule has 3 rings (SSSR count). The summed E-state index contributed by atoms with van der Waals surface area (Å²) in [6, 6.07) is 20.6. The van der Waals surface area contributed by atoms with E-state index in [4.69, 9.17) is 18.9 Å². The molecule has 0 aliphatic rings. The zero-order chi connectivity index (χ0) is 26.1. The molecule has 4 nitrogen and oxygen atoms in total. The van der Waals surface area contributed by atoms with E-state index in [1.807, 2.05) is 0 Å². The van der Waals surface area contributed by atoms with Gasteiger partial charge in [0.2, 0.25) is 0 Å². The molecule has 0 saturated carbocycles. The summed E-state index contributed by atoms with van der Waals surface area (Å²) in [6.45, 7) is 8.99. The molecule has 0 aliphatic carbocycles. The fourth-order valence-electron chi connectivity index (χ4n) is 5.06. The Morgan fingerprint density at radius 2 is 0.694 bits per heavy atom. The van der Waals surface area contributed by atoms with Crippen molar-refractivity contribution in [2.45, 2.75) is 65.5 Å². The smallest absolute Gasteiger partial charge is 0.0713 e. The largest absolute Gasteiger partial charge is 0.380 e. The van der Waals surface area contributed by atoms with Gasteiger partial charge in [-0.1, -0.05) is 68.4 Å². The van der Waals surface area contributed by atoms with Crippen molar-refractivity contribution in [3.8, 4) is 0 Å². The summed E-state index contributed by atoms with van der Waals surface area (Å²) >= 11 is 0. The molecule has 0 unspecified atom stereocenters. The second-order valence-corrected chi connectivity index (χ2v) is 9.68. The lowest BCUT2D eigenvalue weighted by Gasteiger charge is -2.34. The normalized spacial score (nSPS) is 11.8. The zero-order valence-corrected chi connectivity index (χ0v) is 23.1. The summed E-state index contributed by atoms with van der Waals surface area (Å²) in [6.07, 6.45) is 1.99. The minimum Gasteiger partial charge on any atom is -0.380 e. The summed E-state index contributed by atoms with van der Waals surface area (Å²) in [4.78, 5) is 0. The Labute approximate surface area is 217 Å². The maximum atomic E-state index is 5.54. The SMILES string of the molecule is CCc1cc(CC)cc(C(C)(c2cc(COC)cc(COC)c2)c2cc(COC)cc(COC)c2)c1. The average molecular weight is 491 g/mol. The van der Waals surface area contributed by atoms with Crippen molar-refractivity contribution in [2.24, 2.45) is 0 Å². The van der Waals surface area contributed by atoms with Crippen molar-refractivity contribution < 1.29 is 18.9 Å². The second-order valence-electron chi connectivity index (χ2n) is 9.68. The number of aryl methyl sites for hydroxylation is 2. The van der Waals surface area contributed by atoms with E-state index < -0.39 is 5.41 Å². The van der Waals surface area contributed by atoms with E-state index in [1.54, 1.807) is 28.4 Å². The lowest BCUT2D eigenvalue weighted by Crippen LogP contribution is -2.27. The maximum absolute atomic E-state index is 5.54. The fraction of sp³-hybridized carbons (Fsp3) is 0.438. The zero-order valence-electron chi connectivity index (χ0n) is 23.1. The Kier molecular flexibility index (Phi) is 10.3. The Morgan fingerprint density at radius 3 is 0.944 bits per heavy atom. The number of hydrogen-bond donors (Lipinski definition) is 0. The molecule has 0 amide bonds. The van der Waals surface area contributed by atoms with Gasteiger partial charge in [0.05, 0.1) is 26.4 Å². The molecular weight excluding hydrogens is 448 g/mol. The number of rotatable bonds is 13. The molecule has 0 saturated heterocycles. The van der Waals surface area contributed by atoms with E-state index in [-0.39, 0.29) is 0 Å². The van der Waals surface area contributed by atoms with Crippen molar-refractivity contribution in [1.29, 1.82) is 0 Å². The van der Waals surface area contributed by atoms with Gasteiger partial charge in [0, 0.05) is 33.9 Å². The van der Waals surface area contributed by atoms with Crippen LogP contribution in [0.5, 0.6) is 0 Å². The lowest BCUT2D eigenvalue weighted by molar-refractivity contribution is 0.179. The first-order valence-corrected chi connectivity index (χ1v) is 12.8. The number of ether oxygens (including phenoxy) is 4. The van der Waals surface area contributed by atoms with Gasteiger partial charge in [-0.3, -0.25) is 0 Å². The highest BCUT2D eigenvalue weighted by Crippen LogP contribution is 2.41. The van der Waals surface area contributed by atoms with Gasteiger partial charge in [-0.05, 0) is 69.8 Å². The molecule has 36 heavy (non-hydrogen) atoms. The van der Waals surface area contributed by atoms with Gasteiger partial charge >= 0.3 is 0 Å². The highest BCUT2D eigenvalue weighted by Gasteiger charge is 2.33. The monoisotopic (exact) mass is 490 g/mol. The predicted molar refractivity (Wildman–Crippen MR) is 146 cm³/mol. The highest BCUT2D eigenvalue weighted by molar-refractivity contribution is 5.54. The molecule has 3 aromatic carbocycles. The van der Waals surface area contributed by atoms with Crippen molar-refractivity contribution >= 4 is 0 Å². The quantitative estimate of drug-likeness (QED) is 0.248. The van der Waals surface area contributed by atoms with Gasteiger partial charge in [-0.15, -0.1) is 0 Å². The molecule has 0 aliphatic heterocycles. The van der Waals surface area contributed by atoms with Crippen molar-refractivity contribution in [3.05, 3.63) is 105 Å². The van der Waals surface area contributed by atoms with Gasteiger partial charge in [-0.25, -0.2) is 0 Å². The summed E-state index contributed by atoms with van der Waals surface area (Å²) < 4.78 is 22.2. The average Bonchev–Trinajstić information content (AvgIpc) is 2.88. The first kappa shape index (κ1) is 28.1. The summed E-state index contributed by atoms with van der Waals surface area (Å²) in [5.41, 5.74) is 10.6. The van der Waals surface area contributed by atoms with E-state index in [0.29, 0.717) is 26.4 Å². The van der Waals surface area contributed by atoms with Gasteiger partial charge in [0.25, 0.3) is 0 Å². The molecule has 0 radical (unpaired) electrons. The summed E-state index contributed by atoms with van der Waals surface area (Å²) in [5, 5.41) is 0. The van der Waals surface area contributed by atoms with Crippen LogP contribution in [0.2, 0.25) is 0 Å². The molecule has 0 N–H and O–H groups in total. The predicted octanol–water partition coefficient (Wildman–Crippen LogP) is 6.75. The molecule has 194 valence electrons. The van der Waals surface area contributed by atoms with E-state index in [2.05, 4.69) is 75.4 Å². The molecule has 0 aromatic heterocycles. The third kappa shape index (κ3) is 6.43. The highest BCUT2D eigenvalue weighted by atomic mass is 16.5. The Balaban J connectivity index is 2.38. The van der Waals surface area contributed by atoms with E-state index >= 15 is 0 Å². The van der Waals surface area contributed by atoms with Crippen LogP contribution in [0.15, 0.2) is 54.6 Å². The van der Waals surface area contributed by atoms with Gasteiger partial charge in [0.15, 0.2) is 0 Å². The molecule has 0 heterocycles. The van der Waals surface area contributed by atoms with Crippen LogP contribution in [0.4, 0.5) is 0 Å².